The first-order valence-electron chi connectivity index (χ1n) is 6.31. The number of nitrogens with one attached hydrogen (secondary N) is 1. The molecule has 1 aromatic heterocycles. The van der Waals surface area contributed by atoms with Gasteiger partial charge in [0.25, 0.3) is 5.91 Å². The maximum Gasteiger partial charge on any atom is 0.263 e. The first kappa shape index (κ1) is 14.9. The molecule has 0 aliphatic heterocycles. The third kappa shape index (κ3) is 4.54. The van der Waals surface area contributed by atoms with E-state index < -0.39 is 0 Å². The highest BCUT2D eigenvalue weighted by atomic mass is 32.1. The van der Waals surface area contributed by atoms with Crippen LogP contribution in [-0.2, 0) is 4.79 Å². The predicted molar refractivity (Wildman–Crippen MR) is 85.4 cm³/mol. The van der Waals surface area contributed by atoms with E-state index >= 15 is 0 Å². The second-order valence-electron chi connectivity index (χ2n) is 4.39. The second kappa shape index (κ2) is 6.81. The van der Waals surface area contributed by atoms with Gasteiger partial charge in [-0.15, -0.1) is 0 Å². The Morgan fingerprint density at radius 1 is 1.29 bits per heavy atom. The summed E-state index contributed by atoms with van der Waals surface area (Å²) in [6, 6.07) is 12.3. The number of ether oxygens (including phenoxy) is 1. The van der Waals surface area contributed by atoms with Crippen LogP contribution in [0.2, 0.25) is 0 Å². The number of hydrogen-bond acceptors (Lipinski definition) is 4. The maximum atomic E-state index is 11.8. The Hall–Kier alpha value is -2.47. The van der Waals surface area contributed by atoms with Crippen LogP contribution in [-0.4, -0.2) is 22.5 Å². The molecule has 6 heteroatoms. The third-order valence-electron chi connectivity index (χ3n) is 2.66. The number of nitrogens with two attached hydrogens (primary N) is 1. The number of carbonyl (C=O) groups excluding carboxylic acids is 1. The van der Waals surface area contributed by atoms with Crippen LogP contribution in [0, 0.1) is 6.92 Å². The van der Waals surface area contributed by atoms with Crippen molar-refractivity contribution in [2.24, 2.45) is 5.73 Å². The summed E-state index contributed by atoms with van der Waals surface area (Å²) in [5.74, 6) is 0.807. The van der Waals surface area contributed by atoms with E-state index in [0.717, 1.165) is 11.3 Å². The number of aromatic nitrogens is 1. The number of aryl methyl sites for hydroxylation is 1. The zero-order valence-electron chi connectivity index (χ0n) is 11.5. The summed E-state index contributed by atoms with van der Waals surface area (Å²) in [5, 5.41) is 2.67. The fourth-order valence-electron chi connectivity index (χ4n) is 1.66. The minimum atomic E-state index is -0.272. The first-order chi connectivity index (χ1) is 10.0. The minimum Gasteiger partial charge on any atom is -0.484 e. The zero-order valence-corrected chi connectivity index (χ0v) is 12.3. The number of amides is 1. The molecule has 0 spiro atoms. The Kier molecular flexibility index (Phi) is 4.84. The summed E-state index contributed by atoms with van der Waals surface area (Å²) in [6.07, 6.45) is 0. The maximum absolute atomic E-state index is 11.8. The molecular weight excluding hydrogens is 286 g/mol. The van der Waals surface area contributed by atoms with Gasteiger partial charge in [-0.1, -0.05) is 18.3 Å². The van der Waals surface area contributed by atoms with Gasteiger partial charge in [0.2, 0.25) is 0 Å². The van der Waals surface area contributed by atoms with Gasteiger partial charge in [0.1, 0.15) is 16.6 Å². The van der Waals surface area contributed by atoms with E-state index in [1.54, 1.807) is 30.3 Å². The van der Waals surface area contributed by atoms with Crippen LogP contribution in [0.25, 0.3) is 0 Å². The van der Waals surface area contributed by atoms with Gasteiger partial charge in [0, 0.05) is 11.3 Å². The molecule has 108 valence electrons. The van der Waals surface area contributed by atoms with E-state index in [-0.39, 0.29) is 12.5 Å². The smallest absolute Gasteiger partial charge is 0.263 e. The summed E-state index contributed by atoms with van der Waals surface area (Å²) in [4.78, 5) is 16.3. The second-order valence-corrected chi connectivity index (χ2v) is 4.83. The number of rotatable bonds is 5. The highest BCUT2D eigenvalue weighted by Crippen LogP contribution is 2.12. The van der Waals surface area contributed by atoms with Crippen molar-refractivity contribution in [3.05, 3.63) is 53.7 Å². The quantitative estimate of drug-likeness (QED) is 0.826. The summed E-state index contributed by atoms with van der Waals surface area (Å²) in [5.41, 5.74) is 7.09. The topological polar surface area (TPSA) is 77.2 Å². The van der Waals surface area contributed by atoms with Crippen LogP contribution in [0.3, 0.4) is 0 Å². The number of thiocarbonyl (C=S) groups is 1. The van der Waals surface area contributed by atoms with Crippen LogP contribution in [0.15, 0.2) is 42.5 Å². The average Bonchev–Trinajstić information content (AvgIpc) is 2.45. The predicted octanol–water partition coefficient (Wildman–Crippen LogP) is 2.04. The van der Waals surface area contributed by atoms with Crippen molar-refractivity contribution in [3.63, 3.8) is 0 Å². The van der Waals surface area contributed by atoms with Crippen molar-refractivity contribution in [2.75, 3.05) is 11.9 Å². The highest BCUT2D eigenvalue weighted by Gasteiger charge is 2.05. The van der Waals surface area contributed by atoms with Crippen LogP contribution in [0.4, 0.5) is 5.82 Å². The molecule has 0 saturated heterocycles. The van der Waals surface area contributed by atoms with Gasteiger partial charge < -0.3 is 15.8 Å². The molecule has 2 aromatic rings. The molecular formula is C15H15N3O2S. The molecule has 0 saturated carbocycles. The molecule has 2 rings (SSSR count). The third-order valence-corrected chi connectivity index (χ3v) is 2.90. The van der Waals surface area contributed by atoms with Crippen molar-refractivity contribution >= 4 is 28.9 Å². The van der Waals surface area contributed by atoms with E-state index in [1.165, 1.54) is 0 Å². The van der Waals surface area contributed by atoms with Crippen LogP contribution < -0.4 is 15.8 Å². The molecule has 1 heterocycles. The molecule has 0 bridgehead atoms. The van der Waals surface area contributed by atoms with Crippen molar-refractivity contribution in [1.29, 1.82) is 0 Å². The monoisotopic (exact) mass is 301 g/mol. The summed E-state index contributed by atoms with van der Waals surface area (Å²) in [7, 11) is 0. The number of hydrogen-bond donors (Lipinski definition) is 2. The van der Waals surface area contributed by atoms with E-state index in [9.17, 15) is 4.79 Å². The van der Waals surface area contributed by atoms with E-state index in [4.69, 9.17) is 22.7 Å². The molecule has 0 aliphatic rings. The number of anilines is 1. The highest BCUT2D eigenvalue weighted by molar-refractivity contribution is 7.80. The fourth-order valence-corrected chi connectivity index (χ4v) is 1.79. The number of carbonyl (C=O) groups is 1. The lowest BCUT2D eigenvalue weighted by molar-refractivity contribution is -0.118. The first-order valence-corrected chi connectivity index (χ1v) is 6.71. The summed E-state index contributed by atoms with van der Waals surface area (Å²) < 4.78 is 5.38. The normalized spacial score (nSPS) is 9.95. The molecule has 3 N–H and O–H groups in total. The molecule has 1 amide bonds. The standard InChI is InChI=1S/C15H15N3O2S/c1-10-3-2-4-13(17-10)18-14(19)9-20-12-7-5-11(6-8-12)15(16)21/h2-8H,9H2,1H3,(H2,16,21)(H,17,18,19). The molecule has 0 unspecified atom stereocenters. The molecule has 0 radical (unpaired) electrons. The van der Waals surface area contributed by atoms with Crippen molar-refractivity contribution in [3.8, 4) is 5.75 Å². The molecule has 0 atom stereocenters. The van der Waals surface area contributed by atoms with Gasteiger partial charge in [0.15, 0.2) is 6.61 Å². The van der Waals surface area contributed by atoms with Gasteiger partial charge in [0.05, 0.1) is 0 Å². The van der Waals surface area contributed by atoms with E-state index in [2.05, 4.69) is 10.3 Å². The number of pyridine rings is 1. The van der Waals surface area contributed by atoms with Gasteiger partial charge in [-0.2, -0.15) is 0 Å². The van der Waals surface area contributed by atoms with Crippen molar-refractivity contribution in [1.82, 2.24) is 4.98 Å². The SMILES string of the molecule is Cc1cccc(NC(=O)COc2ccc(C(N)=S)cc2)n1. The fraction of sp³-hybridized carbons (Fsp3) is 0.133. The summed E-state index contributed by atoms with van der Waals surface area (Å²) >= 11 is 4.86. The molecule has 0 fully saturated rings. The lowest BCUT2D eigenvalue weighted by atomic mass is 10.2. The molecule has 1 aromatic carbocycles. The molecule has 21 heavy (non-hydrogen) atoms. The Labute approximate surface area is 128 Å². The lowest BCUT2D eigenvalue weighted by Gasteiger charge is -2.08. The average molecular weight is 301 g/mol. The number of benzene rings is 1. The van der Waals surface area contributed by atoms with Crippen LogP contribution >= 0.6 is 12.2 Å². The van der Waals surface area contributed by atoms with Gasteiger partial charge >= 0.3 is 0 Å². The Morgan fingerprint density at radius 3 is 2.62 bits per heavy atom. The minimum absolute atomic E-state index is 0.0952. The lowest BCUT2D eigenvalue weighted by Crippen LogP contribution is -2.20. The van der Waals surface area contributed by atoms with Crippen LogP contribution in [0.1, 0.15) is 11.3 Å². The van der Waals surface area contributed by atoms with Crippen molar-refractivity contribution < 1.29 is 9.53 Å². The van der Waals surface area contributed by atoms with Gasteiger partial charge in [-0.3, -0.25) is 4.79 Å². The van der Waals surface area contributed by atoms with E-state index in [1.807, 2.05) is 19.1 Å². The van der Waals surface area contributed by atoms with Gasteiger partial charge in [-0.05, 0) is 43.3 Å². The summed E-state index contributed by atoms with van der Waals surface area (Å²) in [6.45, 7) is 1.76. The van der Waals surface area contributed by atoms with Gasteiger partial charge in [-0.25, -0.2) is 4.98 Å². The molecule has 0 aliphatic carbocycles. The number of nitrogens with zero attached hydrogens (tertiary/aromatic N) is 1. The van der Waals surface area contributed by atoms with Crippen molar-refractivity contribution in [2.45, 2.75) is 6.92 Å². The Bertz CT molecular complexity index is 656. The zero-order chi connectivity index (χ0) is 15.2. The van der Waals surface area contributed by atoms with E-state index in [0.29, 0.717) is 16.6 Å². The largest absolute Gasteiger partial charge is 0.484 e. The Morgan fingerprint density at radius 2 is 2.00 bits per heavy atom. The van der Waals surface area contributed by atoms with Crippen LogP contribution in [0.5, 0.6) is 5.75 Å². The Balaban J connectivity index is 1.87. The molecule has 5 nitrogen and oxygen atoms in total.